The lowest BCUT2D eigenvalue weighted by Crippen LogP contribution is -2.60. The van der Waals surface area contributed by atoms with Crippen molar-refractivity contribution >= 4 is 5.97 Å². The Hall–Kier alpha value is -0.850. The highest BCUT2D eigenvalue weighted by Crippen LogP contribution is 2.26. The van der Waals surface area contributed by atoms with Crippen molar-refractivity contribution in [3.8, 4) is 0 Å². The van der Waals surface area contributed by atoms with Crippen molar-refractivity contribution in [2.75, 3.05) is 66.1 Å². The summed E-state index contributed by atoms with van der Waals surface area (Å²) in [6.07, 6.45) is -1.84. The summed E-state index contributed by atoms with van der Waals surface area (Å²) in [7, 11) is 0. The average molecular weight is 368 g/mol. The minimum atomic E-state index is -1.31. The van der Waals surface area contributed by atoms with Crippen molar-refractivity contribution in [3.63, 3.8) is 0 Å². The van der Waals surface area contributed by atoms with Crippen LogP contribution >= 0.6 is 0 Å². The van der Waals surface area contributed by atoms with Gasteiger partial charge >= 0.3 is 5.97 Å². The smallest absolute Gasteiger partial charge is 0.329 e. The molecule has 25 heavy (non-hydrogen) atoms. The molecule has 148 valence electrons. The molecule has 0 saturated carbocycles. The molecule has 0 aliphatic carbocycles. The van der Waals surface area contributed by atoms with Crippen LogP contribution < -0.4 is 0 Å². The standard InChI is InChI=1S/C15H28O10/c16-10-15(14(20)12(17)1-2-25-15)11-24-8-6-22-4-3-21-5-7-23-9-13(18)19/h12,14,16-17,20H,1-11H2,(H,18,19)/t12-,14-,15-/m1/s1. The van der Waals surface area contributed by atoms with Crippen LogP contribution in [0.4, 0.5) is 0 Å². The number of hydrogen-bond acceptors (Lipinski definition) is 9. The van der Waals surface area contributed by atoms with E-state index in [0.717, 1.165) is 0 Å². The van der Waals surface area contributed by atoms with Gasteiger partial charge in [0.1, 0.15) is 18.3 Å². The van der Waals surface area contributed by atoms with E-state index < -0.39 is 30.4 Å². The number of aliphatic carboxylic acids is 1. The number of hydrogen-bond donors (Lipinski definition) is 4. The number of aliphatic hydroxyl groups is 3. The van der Waals surface area contributed by atoms with Gasteiger partial charge in [-0.3, -0.25) is 0 Å². The quantitative estimate of drug-likeness (QED) is 0.254. The fourth-order valence-electron chi connectivity index (χ4n) is 2.25. The molecule has 1 heterocycles. The number of carboxylic acid groups (broad SMARTS) is 1. The zero-order valence-corrected chi connectivity index (χ0v) is 14.2. The van der Waals surface area contributed by atoms with E-state index in [2.05, 4.69) is 0 Å². The predicted molar refractivity (Wildman–Crippen MR) is 83.3 cm³/mol. The first-order chi connectivity index (χ1) is 12.0. The molecule has 0 unspecified atom stereocenters. The number of carbonyl (C=O) groups is 1. The van der Waals surface area contributed by atoms with Crippen molar-refractivity contribution in [2.45, 2.75) is 24.2 Å². The molecule has 0 aromatic rings. The second-order valence-electron chi connectivity index (χ2n) is 5.60. The predicted octanol–water partition coefficient (Wildman–Crippen LogP) is -1.99. The van der Waals surface area contributed by atoms with Crippen molar-refractivity contribution in [3.05, 3.63) is 0 Å². The molecule has 0 aromatic carbocycles. The Morgan fingerprint density at radius 3 is 2.12 bits per heavy atom. The second-order valence-corrected chi connectivity index (χ2v) is 5.60. The minimum Gasteiger partial charge on any atom is -0.480 e. The third kappa shape index (κ3) is 8.38. The highest BCUT2D eigenvalue weighted by atomic mass is 16.6. The first-order valence-corrected chi connectivity index (χ1v) is 8.15. The van der Waals surface area contributed by atoms with E-state index in [1.54, 1.807) is 0 Å². The summed E-state index contributed by atoms with van der Waals surface area (Å²) >= 11 is 0. The lowest BCUT2D eigenvalue weighted by Gasteiger charge is -2.42. The summed E-state index contributed by atoms with van der Waals surface area (Å²) in [5.41, 5.74) is -1.31. The first kappa shape index (κ1) is 22.2. The molecule has 1 rings (SSSR count). The Balaban J connectivity index is 1.98. The van der Waals surface area contributed by atoms with E-state index >= 15 is 0 Å². The van der Waals surface area contributed by atoms with Gasteiger partial charge < -0.3 is 44.1 Å². The molecule has 0 radical (unpaired) electrons. The van der Waals surface area contributed by atoms with Crippen molar-refractivity contribution in [1.82, 2.24) is 0 Å². The van der Waals surface area contributed by atoms with Gasteiger partial charge in [0.15, 0.2) is 0 Å². The first-order valence-electron chi connectivity index (χ1n) is 8.15. The van der Waals surface area contributed by atoms with Gasteiger partial charge in [0, 0.05) is 0 Å². The molecule has 4 N–H and O–H groups in total. The Bertz CT molecular complexity index is 366. The molecule has 0 bridgehead atoms. The van der Waals surface area contributed by atoms with Crippen LogP contribution in [0.2, 0.25) is 0 Å². The van der Waals surface area contributed by atoms with E-state index in [9.17, 15) is 20.1 Å². The van der Waals surface area contributed by atoms with Crippen molar-refractivity contribution in [1.29, 1.82) is 0 Å². The molecule has 3 atom stereocenters. The van der Waals surface area contributed by atoms with E-state index in [4.69, 9.17) is 28.8 Å². The summed E-state index contributed by atoms with van der Waals surface area (Å²) in [5.74, 6) is -1.02. The van der Waals surface area contributed by atoms with Gasteiger partial charge in [-0.25, -0.2) is 4.79 Å². The number of ether oxygens (including phenoxy) is 5. The third-order valence-electron chi connectivity index (χ3n) is 3.66. The van der Waals surface area contributed by atoms with Gasteiger partial charge in [0.25, 0.3) is 0 Å². The largest absolute Gasteiger partial charge is 0.480 e. The molecule has 1 aliphatic rings. The SMILES string of the molecule is O=C(O)COCCOCCOCCOC[C@@]1(CO)OCC[C@@H](O)[C@H]1O. The van der Waals surface area contributed by atoms with E-state index in [-0.39, 0.29) is 39.6 Å². The Kier molecular flexibility index (Phi) is 11.1. The van der Waals surface area contributed by atoms with Gasteiger partial charge in [0.2, 0.25) is 0 Å². The van der Waals surface area contributed by atoms with E-state index in [1.807, 2.05) is 0 Å². The third-order valence-corrected chi connectivity index (χ3v) is 3.66. The lowest BCUT2D eigenvalue weighted by atomic mass is 9.90. The summed E-state index contributed by atoms with van der Waals surface area (Å²) in [4.78, 5) is 10.2. The lowest BCUT2D eigenvalue weighted by molar-refractivity contribution is -0.232. The van der Waals surface area contributed by atoms with Crippen LogP contribution in [-0.4, -0.2) is 110 Å². The van der Waals surface area contributed by atoms with Crippen molar-refractivity contribution in [2.24, 2.45) is 0 Å². The molecule has 0 aromatic heterocycles. The maximum atomic E-state index is 10.2. The summed E-state index contributed by atoms with van der Waals surface area (Å²) < 4.78 is 26.0. The summed E-state index contributed by atoms with van der Waals surface area (Å²) in [5, 5.41) is 37.5. The number of rotatable bonds is 14. The topological polar surface area (TPSA) is 144 Å². The van der Waals surface area contributed by atoms with Crippen LogP contribution in [0.5, 0.6) is 0 Å². The molecule has 0 spiro atoms. The zero-order chi connectivity index (χ0) is 18.5. The van der Waals surface area contributed by atoms with Crippen LogP contribution in [-0.2, 0) is 28.5 Å². The van der Waals surface area contributed by atoms with Crippen LogP contribution in [0.25, 0.3) is 0 Å². The van der Waals surface area contributed by atoms with E-state index in [1.165, 1.54) is 0 Å². The van der Waals surface area contributed by atoms with Crippen LogP contribution in [0.15, 0.2) is 0 Å². The molecule has 10 nitrogen and oxygen atoms in total. The molecule has 0 amide bonds. The monoisotopic (exact) mass is 368 g/mol. The molecule has 10 heteroatoms. The maximum Gasteiger partial charge on any atom is 0.329 e. The van der Waals surface area contributed by atoms with Crippen molar-refractivity contribution < 1.29 is 48.9 Å². The fraction of sp³-hybridized carbons (Fsp3) is 0.933. The zero-order valence-electron chi connectivity index (χ0n) is 14.2. The molecule has 1 fully saturated rings. The minimum absolute atomic E-state index is 0.0531. The highest BCUT2D eigenvalue weighted by Gasteiger charge is 2.45. The Morgan fingerprint density at radius 1 is 1.00 bits per heavy atom. The van der Waals surface area contributed by atoms with Crippen LogP contribution in [0.3, 0.4) is 0 Å². The highest BCUT2D eigenvalue weighted by molar-refractivity contribution is 5.67. The summed E-state index contributed by atoms with van der Waals surface area (Å²) in [6.45, 7) is 1.07. The molecule has 1 saturated heterocycles. The van der Waals surface area contributed by atoms with Gasteiger partial charge in [-0.05, 0) is 6.42 Å². The Morgan fingerprint density at radius 2 is 1.56 bits per heavy atom. The number of carboxylic acids is 1. The maximum absolute atomic E-state index is 10.2. The summed E-state index contributed by atoms with van der Waals surface area (Å²) in [6, 6.07) is 0. The normalized spacial score (nSPS) is 26.7. The fourth-order valence-corrected chi connectivity index (χ4v) is 2.25. The second kappa shape index (κ2) is 12.5. The van der Waals surface area contributed by atoms with E-state index in [0.29, 0.717) is 26.2 Å². The molecular formula is C15H28O10. The van der Waals surface area contributed by atoms with Gasteiger partial charge in [-0.2, -0.15) is 0 Å². The molecular weight excluding hydrogens is 340 g/mol. The Labute approximate surface area is 146 Å². The average Bonchev–Trinajstić information content (AvgIpc) is 2.59. The van der Waals surface area contributed by atoms with Gasteiger partial charge in [-0.1, -0.05) is 0 Å². The van der Waals surface area contributed by atoms with Gasteiger partial charge in [0.05, 0.1) is 65.6 Å². The number of aliphatic hydroxyl groups excluding tert-OH is 3. The van der Waals surface area contributed by atoms with Crippen LogP contribution in [0.1, 0.15) is 6.42 Å². The van der Waals surface area contributed by atoms with Gasteiger partial charge in [-0.15, -0.1) is 0 Å². The molecule has 1 aliphatic heterocycles. The van der Waals surface area contributed by atoms with Crippen LogP contribution in [0, 0.1) is 0 Å².